The maximum absolute atomic E-state index is 11.6. The van der Waals surface area contributed by atoms with Crippen molar-refractivity contribution in [2.45, 2.75) is 6.92 Å². The van der Waals surface area contributed by atoms with Gasteiger partial charge >= 0.3 is 0 Å². The molecule has 1 amide bonds. The molecule has 3 N–H and O–H groups in total. The highest BCUT2D eigenvalue weighted by molar-refractivity contribution is 5.93. The van der Waals surface area contributed by atoms with E-state index in [1.165, 1.54) is 0 Å². The standard InChI is InChI=1S/C9H14N4O/c1-6-2-12-13-8(6)9(14)11-5-7-3-10-4-7/h2,7,10H,3-5H2,1H3,(H,11,14)(H,12,13). The molecule has 76 valence electrons. The van der Waals surface area contributed by atoms with Crippen LogP contribution in [0.2, 0.25) is 0 Å². The average molecular weight is 194 g/mol. The van der Waals surface area contributed by atoms with E-state index < -0.39 is 0 Å². The number of hydrogen-bond acceptors (Lipinski definition) is 3. The van der Waals surface area contributed by atoms with Gasteiger partial charge in [-0.25, -0.2) is 0 Å². The van der Waals surface area contributed by atoms with Gasteiger partial charge in [-0.05, 0) is 12.5 Å². The predicted molar refractivity (Wildman–Crippen MR) is 52.0 cm³/mol. The fourth-order valence-corrected chi connectivity index (χ4v) is 1.39. The van der Waals surface area contributed by atoms with Gasteiger partial charge in [0.25, 0.3) is 5.91 Å². The maximum Gasteiger partial charge on any atom is 0.269 e. The van der Waals surface area contributed by atoms with E-state index in [-0.39, 0.29) is 5.91 Å². The monoisotopic (exact) mass is 194 g/mol. The third-order valence-electron chi connectivity index (χ3n) is 2.47. The molecule has 14 heavy (non-hydrogen) atoms. The van der Waals surface area contributed by atoms with Crippen LogP contribution in [0.15, 0.2) is 6.20 Å². The van der Waals surface area contributed by atoms with Gasteiger partial charge in [-0.2, -0.15) is 5.10 Å². The molecule has 0 atom stereocenters. The van der Waals surface area contributed by atoms with Crippen LogP contribution in [-0.2, 0) is 0 Å². The van der Waals surface area contributed by atoms with Gasteiger partial charge in [0.15, 0.2) is 0 Å². The molecule has 5 heteroatoms. The molecule has 1 fully saturated rings. The van der Waals surface area contributed by atoms with Crippen LogP contribution in [0.4, 0.5) is 0 Å². The quantitative estimate of drug-likeness (QED) is 0.617. The molecular formula is C9H14N4O. The molecule has 5 nitrogen and oxygen atoms in total. The summed E-state index contributed by atoms with van der Waals surface area (Å²) in [6.07, 6.45) is 1.65. The highest BCUT2D eigenvalue weighted by Gasteiger charge is 2.18. The molecule has 0 aliphatic carbocycles. The Hall–Kier alpha value is -1.36. The Kier molecular flexibility index (Phi) is 2.49. The Morgan fingerprint density at radius 1 is 1.71 bits per heavy atom. The van der Waals surface area contributed by atoms with E-state index in [0.29, 0.717) is 11.6 Å². The summed E-state index contributed by atoms with van der Waals surface area (Å²) in [4.78, 5) is 11.6. The number of H-pyrrole nitrogens is 1. The smallest absolute Gasteiger partial charge is 0.269 e. The zero-order valence-corrected chi connectivity index (χ0v) is 8.13. The van der Waals surface area contributed by atoms with Gasteiger partial charge in [-0.1, -0.05) is 0 Å². The lowest BCUT2D eigenvalue weighted by atomic mass is 10.0. The number of aromatic nitrogens is 2. The van der Waals surface area contributed by atoms with E-state index in [2.05, 4.69) is 20.8 Å². The molecule has 0 unspecified atom stereocenters. The van der Waals surface area contributed by atoms with E-state index in [9.17, 15) is 4.79 Å². The van der Waals surface area contributed by atoms with Crippen molar-refractivity contribution in [3.05, 3.63) is 17.5 Å². The summed E-state index contributed by atoms with van der Waals surface area (Å²) in [5.74, 6) is 0.522. The summed E-state index contributed by atoms with van der Waals surface area (Å²) in [7, 11) is 0. The fraction of sp³-hybridized carbons (Fsp3) is 0.556. The molecule has 1 aromatic heterocycles. The summed E-state index contributed by atoms with van der Waals surface area (Å²) in [5.41, 5.74) is 1.45. The third-order valence-corrected chi connectivity index (χ3v) is 2.47. The number of aryl methyl sites for hydroxylation is 1. The first kappa shape index (κ1) is 9.21. The van der Waals surface area contributed by atoms with Crippen molar-refractivity contribution in [3.63, 3.8) is 0 Å². The summed E-state index contributed by atoms with van der Waals surface area (Å²) >= 11 is 0. The predicted octanol–water partition coefficient (Wildman–Crippen LogP) is -0.333. The number of rotatable bonds is 3. The number of aromatic amines is 1. The number of carbonyl (C=O) groups is 1. The molecule has 0 spiro atoms. The number of carbonyl (C=O) groups excluding carboxylic acids is 1. The fourth-order valence-electron chi connectivity index (χ4n) is 1.39. The molecule has 1 aliphatic rings. The summed E-state index contributed by atoms with van der Waals surface area (Å²) in [6.45, 7) is 4.61. The Bertz CT molecular complexity index is 329. The minimum Gasteiger partial charge on any atom is -0.350 e. The second-order valence-electron chi connectivity index (χ2n) is 3.66. The van der Waals surface area contributed by atoms with Gasteiger partial charge in [-0.15, -0.1) is 0 Å². The van der Waals surface area contributed by atoms with Crippen molar-refractivity contribution in [3.8, 4) is 0 Å². The van der Waals surface area contributed by atoms with Gasteiger partial charge in [0.2, 0.25) is 0 Å². The lowest BCUT2D eigenvalue weighted by Crippen LogP contribution is -2.48. The van der Waals surface area contributed by atoms with Crippen molar-refractivity contribution in [1.82, 2.24) is 20.8 Å². The first-order valence-corrected chi connectivity index (χ1v) is 4.76. The normalized spacial score (nSPS) is 16.4. The SMILES string of the molecule is Cc1cn[nH]c1C(=O)NCC1CNC1. The largest absolute Gasteiger partial charge is 0.350 e. The van der Waals surface area contributed by atoms with Crippen LogP contribution in [0.25, 0.3) is 0 Å². The van der Waals surface area contributed by atoms with Gasteiger partial charge < -0.3 is 10.6 Å². The van der Waals surface area contributed by atoms with E-state index in [4.69, 9.17) is 0 Å². The van der Waals surface area contributed by atoms with Crippen LogP contribution >= 0.6 is 0 Å². The molecule has 1 aromatic rings. The number of hydrogen-bond donors (Lipinski definition) is 3. The molecular weight excluding hydrogens is 180 g/mol. The van der Waals surface area contributed by atoms with Crippen molar-refractivity contribution >= 4 is 5.91 Å². The Balaban J connectivity index is 1.86. The van der Waals surface area contributed by atoms with E-state index in [1.807, 2.05) is 6.92 Å². The lowest BCUT2D eigenvalue weighted by molar-refractivity contribution is 0.0936. The Morgan fingerprint density at radius 3 is 3.00 bits per heavy atom. The summed E-state index contributed by atoms with van der Waals surface area (Å²) < 4.78 is 0. The summed E-state index contributed by atoms with van der Waals surface area (Å²) in [5, 5.41) is 12.5. The zero-order chi connectivity index (χ0) is 9.97. The number of amides is 1. The van der Waals surface area contributed by atoms with Crippen LogP contribution in [0, 0.1) is 12.8 Å². The Morgan fingerprint density at radius 2 is 2.50 bits per heavy atom. The van der Waals surface area contributed by atoms with Crippen LogP contribution in [0.5, 0.6) is 0 Å². The van der Waals surface area contributed by atoms with Crippen molar-refractivity contribution < 1.29 is 4.79 Å². The topological polar surface area (TPSA) is 69.8 Å². The lowest BCUT2D eigenvalue weighted by Gasteiger charge is -2.26. The van der Waals surface area contributed by atoms with E-state index in [1.54, 1.807) is 6.20 Å². The Labute approximate surface area is 82.3 Å². The van der Waals surface area contributed by atoms with Crippen molar-refractivity contribution in [2.75, 3.05) is 19.6 Å². The van der Waals surface area contributed by atoms with Crippen LogP contribution in [0.3, 0.4) is 0 Å². The maximum atomic E-state index is 11.6. The van der Waals surface area contributed by atoms with Crippen molar-refractivity contribution in [1.29, 1.82) is 0 Å². The average Bonchev–Trinajstić information content (AvgIpc) is 2.48. The molecule has 2 heterocycles. The van der Waals surface area contributed by atoms with Gasteiger partial charge in [0.05, 0.1) is 6.20 Å². The van der Waals surface area contributed by atoms with E-state index >= 15 is 0 Å². The van der Waals surface area contributed by atoms with Crippen LogP contribution in [0.1, 0.15) is 16.1 Å². The molecule has 0 saturated carbocycles. The first-order chi connectivity index (χ1) is 6.77. The first-order valence-electron chi connectivity index (χ1n) is 4.76. The molecule has 2 rings (SSSR count). The second kappa shape index (κ2) is 3.79. The molecule has 0 bridgehead atoms. The van der Waals surface area contributed by atoms with Gasteiger partial charge in [-0.3, -0.25) is 9.89 Å². The molecule has 1 saturated heterocycles. The zero-order valence-electron chi connectivity index (χ0n) is 8.13. The van der Waals surface area contributed by atoms with Gasteiger partial charge in [0.1, 0.15) is 5.69 Å². The third kappa shape index (κ3) is 1.77. The number of nitrogens with one attached hydrogen (secondary N) is 3. The van der Waals surface area contributed by atoms with Crippen LogP contribution in [-0.4, -0.2) is 35.7 Å². The number of nitrogens with zero attached hydrogens (tertiary/aromatic N) is 1. The molecule has 0 radical (unpaired) electrons. The van der Waals surface area contributed by atoms with Gasteiger partial charge in [0, 0.05) is 25.6 Å². The molecule has 1 aliphatic heterocycles. The van der Waals surface area contributed by atoms with Crippen LogP contribution < -0.4 is 10.6 Å². The van der Waals surface area contributed by atoms with Crippen molar-refractivity contribution in [2.24, 2.45) is 5.92 Å². The van der Waals surface area contributed by atoms with E-state index in [0.717, 1.165) is 25.2 Å². The minimum absolute atomic E-state index is 0.0631. The summed E-state index contributed by atoms with van der Waals surface area (Å²) in [6, 6.07) is 0. The minimum atomic E-state index is -0.0631. The highest BCUT2D eigenvalue weighted by atomic mass is 16.1. The highest BCUT2D eigenvalue weighted by Crippen LogP contribution is 2.03. The molecule has 0 aromatic carbocycles. The second-order valence-corrected chi connectivity index (χ2v) is 3.66.